The van der Waals surface area contributed by atoms with Crippen LogP contribution in [0.1, 0.15) is 6.42 Å². The second-order valence-electron chi connectivity index (χ2n) is 3.32. The van der Waals surface area contributed by atoms with Crippen molar-refractivity contribution < 1.29 is 19.1 Å². The number of hydrogen-bond donors (Lipinski definition) is 3. The molecule has 0 fully saturated rings. The molecule has 4 N–H and O–H groups in total. The van der Waals surface area contributed by atoms with Crippen molar-refractivity contribution in [3.05, 3.63) is 29.0 Å². The van der Waals surface area contributed by atoms with Crippen LogP contribution in [-0.4, -0.2) is 23.0 Å². The van der Waals surface area contributed by atoms with E-state index in [0.29, 0.717) is 0 Å². The van der Waals surface area contributed by atoms with E-state index in [-0.39, 0.29) is 10.7 Å². The summed E-state index contributed by atoms with van der Waals surface area (Å²) in [5, 5.41) is 10.7. The van der Waals surface area contributed by atoms with Gasteiger partial charge in [0.25, 0.3) is 0 Å². The molecule has 92 valence electrons. The molecule has 0 saturated heterocycles. The SMILES string of the molecule is NC(CC(=O)O)C(=O)Nc1ccc(Cl)c(F)c1. The molecule has 0 aromatic heterocycles. The van der Waals surface area contributed by atoms with Crippen LogP contribution in [0, 0.1) is 5.82 Å². The Morgan fingerprint density at radius 3 is 2.71 bits per heavy atom. The lowest BCUT2D eigenvalue weighted by Crippen LogP contribution is -2.37. The molecular weight excluding hydrogens is 251 g/mol. The number of nitrogens with two attached hydrogens (primary N) is 1. The van der Waals surface area contributed by atoms with Crippen molar-refractivity contribution in [1.82, 2.24) is 0 Å². The molecular formula is C10H10ClFN2O3. The van der Waals surface area contributed by atoms with Crippen molar-refractivity contribution in [3.63, 3.8) is 0 Å². The van der Waals surface area contributed by atoms with E-state index in [4.69, 9.17) is 22.4 Å². The molecule has 1 amide bonds. The lowest BCUT2D eigenvalue weighted by Gasteiger charge is -2.10. The molecule has 0 saturated carbocycles. The smallest absolute Gasteiger partial charge is 0.305 e. The number of aliphatic carboxylic acids is 1. The van der Waals surface area contributed by atoms with Gasteiger partial charge in [0.2, 0.25) is 5.91 Å². The summed E-state index contributed by atoms with van der Waals surface area (Å²) >= 11 is 5.46. The number of rotatable bonds is 4. The Balaban J connectivity index is 2.67. The third-order valence-electron chi connectivity index (χ3n) is 1.92. The van der Waals surface area contributed by atoms with Gasteiger partial charge in [-0.2, -0.15) is 0 Å². The Kier molecular flexibility index (Phi) is 4.42. The van der Waals surface area contributed by atoms with E-state index >= 15 is 0 Å². The number of carbonyl (C=O) groups excluding carboxylic acids is 1. The first-order chi connectivity index (χ1) is 7.90. The summed E-state index contributed by atoms with van der Waals surface area (Å²) in [5.41, 5.74) is 5.49. The Morgan fingerprint density at radius 2 is 2.18 bits per heavy atom. The van der Waals surface area contributed by atoms with Gasteiger partial charge in [0, 0.05) is 5.69 Å². The van der Waals surface area contributed by atoms with Crippen LogP contribution in [0.15, 0.2) is 18.2 Å². The number of benzene rings is 1. The predicted molar refractivity (Wildman–Crippen MR) is 60.3 cm³/mol. The zero-order valence-corrected chi connectivity index (χ0v) is 9.37. The number of hydrogen-bond acceptors (Lipinski definition) is 3. The molecule has 1 aromatic rings. The van der Waals surface area contributed by atoms with Gasteiger partial charge >= 0.3 is 5.97 Å². The summed E-state index contributed by atoms with van der Waals surface area (Å²) in [6.07, 6.45) is -0.498. The van der Waals surface area contributed by atoms with Gasteiger partial charge in [-0.25, -0.2) is 4.39 Å². The molecule has 1 atom stereocenters. The number of nitrogens with one attached hydrogen (secondary N) is 1. The van der Waals surface area contributed by atoms with Gasteiger partial charge in [-0.15, -0.1) is 0 Å². The zero-order chi connectivity index (χ0) is 13.0. The van der Waals surface area contributed by atoms with Crippen molar-refractivity contribution in [3.8, 4) is 0 Å². The maximum absolute atomic E-state index is 13.0. The van der Waals surface area contributed by atoms with Crippen molar-refractivity contribution in [2.45, 2.75) is 12.5 Å². The average Bonchev–Trinajstić information content (AvgIpc) is 2.22. The van der Waals surface area contributed by atoms with Crippen LogP contribution in [-0.2, 0) is 9.59 Å². The van der Waals surface area contributed by atoms with Gasteiger partial charge in [-0.05, 0) is 18.2 Å². The van der Waals surface area contributed by atoms with E-state index in [1.54, 1.807) is 0 Å². The molecule has 7 heteroatoms. The van der Waals surface area contributed by atoms with Crippen LogP contribution in [0.25, 0.3) is 0 Å². The molecule has 1 aromatic carbocycles. The number of carbonyl (C=O) groups is 2. The third-order valence-corrected chi connectivity index (χ3v) is 2.22. The highest BCUT2D eigenvalue weighted by atomic mass is 35.5. The monoisotopic (exact) mass is 260 g/mol. The topological polar surface area (TPSA) is 92.4 Å². The van der Waals surface area contributed by atoms with Gasteiger partial charge in [0.1, 0.15) is 5.82 Å². The summed E-state index contributed by atoms with van der Waals surface area (Å²) in [4.78, 5) is 21.7. The Morgan fingerprint density at radius 1 is 1.53 bits per heavy atom. The van der Waals surface area contributed by atoms with E-state index in [1.807, 2.05) is 0 Å². The number of halogens is 2. The maximum Gasteiger partial charge on any atom is 0.305 e. The first-order valence-corrected chi connectivity index (χ1v) is 5.01. The summed E-state index contributed by atoms with van der Waals surface area (Å²) in [7, 11) is 0. The minimum atomic E-state index is -1.19. The molecule has 17 heavy (non-hydrogen) atoms. The lowest BCUT2D eigenvalue weighted by molar-refractivity contribution is -0.138. The largest absolute Gasteiger partial charge is 0.481 e. The maximum atomic E-state index is 13.0. The molecule has 0 aliphatic heterocycles. The van der Waals surface area contributed by atoms with Crippen molar-refractivity contribution in [2.24, 2.45) is 5.73 Å². The third kappa shape index (κ3) is 4.01. The van der Waals surface area contributed by atoms with Crippen LogP contribution >= 0.6 is 11.6 Å². The number of carboxylic acids is 1. The second kappa shape index (κ2) is 5.60. The Labute approximate surface area is 101 Å². The molecule has 0 aliphatic rings. The number of amides is 1. The predicted octanol–water partition coefficient (Wildman–Crippen LogP) is 1.22. The first-order valence-electron chi connectivity index (χ1n) is 4.63. The number of carboxylic acid groups (broad SMARTS) is 1. The molecule has 0 bridgehead atoms. The fourth-order valence-electron chi connectivity index (χ4n) is 1.09. The standard InChI is InChI=1S/C10H10ClFN2O3/c11-6-2-1-5(3-7(6)12)14-10(17)8(13)4-9(15)16/h1-3,8H,4,13H2,(H,14,17)(H,15,16). The van der Waals surface area contributed by atoms with Gasteiger partial charge in [0.05, 0.1) is 17.5 Å². The van der Waals surface area contributed by atoms with E-state index in [2.05, 4.69) is 5.32 Å². The van der Waals surface area contributed by atoms with Crippen molar-refractivity contribution in [1.29, 1.82) is 0 Å². The fourth-order valence-corrected chi connectivity index (χ4v) is 1.21. The second-order valence-corrected chi connectivity index (χ2v) is 3.73. The first kappa shape index (κ1) is 13.4. The molecule has 1 unspecified atom stereocenters. The van der Waals surface area contributed by atoms with Crippen molar-refractivity contribution in [2.75, 3.05) is 5.32 Å². The summed E-state index contributed by atoms with van der Waals surface area (Å²) in [6.45, 7) is 0. The van der Waals surface area contributed by atoms with Gasteiger partial charge in [-0.1, -0.05) is 11.6 Å². The van der Waals surface area contributed by atoms with E-state index < -0.39 is 30.2 Å². The highest BCUT2D eigenvalue weighted by Crippen LogP contribution is 2.18. The molecule has 0 radical (unpaired) electrons. The van der Waals surface area contributed by atoms with Gasteiger partial charge < -0.3 is 16.2 Å². The molecule has 5 nitrogen and oxygen atoms in total. The summed E-state index contributed by atoms with van der Waals surface area (Å²) < 4.78 is 13.0. The average molecular weight is 261 g/mol. The molecule has 1 rings (SSSR count). The summed E-state index contributed by atoms with van der Waals surface area (Å²) in [6, 6.07) is 2.49. The van der Waals surface area contributed by atoms with Gasteiger partial charge in [-0.3, -0.25) is 9.59 Å². The number of anilines is 1. The zero-order valence-electron chi connectivity index (χ0n) is 8.61. The fraction of sp³-hybridized carbons (Fsp3) is 0.200. The van der Waals surface area contributed by atoms with E-state index in [9.17, 15) is 14.0 Å². The molecule has 0 heterocycles. The van der Waals surface area contributed by atoms with E-state index in [0.717, 1.165) is 6.07 Å². The quantitative estimate of drug-likeness (QED) is 0.759. The highest BCUT2D eigenvalue weighted by Gasteiger charge is 2.17. The minimum absolute atomic E-state index is 0.0715. The molecule has 0 aliphatic carbocycles. The summed E-state index contributed by atoms with van der Waals surface area (Å²) in [5.74, 6) is -2.57. The molecule has 0 spiro atoms. The van der Waals surface area contributed by atoms with E-state index in [1.165, 1.54) is 12.1 Å². The highest BCUT2D eigenvalue weighted by molar-refractivity contribution is 6.30. The normalized spacial score (nSPS) is 11.9. The van der Waals surface area contributed by atoms with Gasteiger partial charge in [0.15, 0.2) is 0 Å². The Bertz CT molecular complexity index is 453. The minimum Gasteiger partial charge on any atom is -0.481 e. The van der Waals surface area contributed by atoms with Crippen molar-refractivity contribution >= 4 is 29.2 Å². The van der Waals surface area contributed by atoms with Crippen LogP contribution in [0.5, 0.6) is 0 Å². The lowest BCUT2D eigenvalue weighted by atomic mass is 10.2. The van der Waals surface area contributed by atoms with Crippen LogP contribution in [0.3, 0.4) is 0 Å². The van der Waals surface area contributed by atoms with Crippen LogP contribution in [0.4, 0.5) is 10.1 Å². The Hall–Kier alpha value is -1.66. The van der Waals surface area contributed by atoms with Crippen LogP contribution in [0.2, 0.25) is 5.02 Å². The van der Waals surface area contributed by atoms with Crippen LogP contribution < -0.4 is 11.1 Å².